The topological polar surface area (TPSA) is 30.0 Å². The molecular weight excluding hydrogens is 162 g/mol. The molecule has 1 heterocycles. The van der Waals surface area contributed by atoms with Crippen LogP contribution in [0.3, 0.4) is 0 Å². The second-order valence-corrected chi connectivity index (χ2v) is 2.68. The minimum Gasteiger partial charge on any atom is -0.281 e. The van der Waals surface area contributed by atoms with Crippen molar-refractivity contribution in [2.45, 2.75) is 12.8 Å². The van der Waals surface area contributed by atoms with E-state index >= 15 is 0 Å². The van der Waals surface area contributed by atoms with E-state index in [1.807, 2.05) is 0 Å². The molecule has 2 nitrogen and oxygen atoms in total. The number of halogens is 1. The van der Waals surface area contributed by atoms with Crippen molar-refractivity contribution in [1.29, 1.82) is 0 Å². The minimum atomic E-state index is -0.337. The van der Waals surface area contributed by atoms with Gasteiger partial charge < -0.3 is 0 Å². The van der Waals surface area contributed by atoms with Gasteiger partial charge in [-0.05, 0) is 29.3 Å². The predicted octanol–water partition coefficient (Wildman–Crippen LogP) is 1.95. The fourth-order valence-electron chi connectivity index (χ4n) is 0.783. The predicted molar refractivity (Wildman–Crippen MR) is 43.5 cm³/mol. The second-order valence-electron chi connectivity index (χ2n) is 2.31. The number of hydrogen-bond acceptors (Lipinski definition) is 2. The van der Waals surface area contributed by atoms with Gasteiger partial charge in [0, 0.05) is 12.4 Å². The Morgan fingerprint density at radius 3 is 2.55 bits per heavy atom. The number of carbonyl (C=O) groups is 1. The Hall–Kier alpha value is -0.890. The van der Waals surface area contributed by atoms with Crippen LogP contribution in [-0.4, -0.2) is 10.2 Å². The van der Waals surface area contributed by atoms with E-state index in [0.29, 0.717) is 0 Å². The van der Waals surface area contributed by atoms with E-state index in [-0.39, 0.29) is 11.2 Å². The van der Waals surface area contributed by atoms with Crippen molar-refractivity contribution in [3.8, 4) is 0 Å². The van der Waals surface area contributed by atoms with E-state index in [1.54, 1.807) is 31.5 Å². The Morgan fingerprint density at radius 1 is 1.55 bits per heavy atom. The zero-order valence-corrected chi connectivity index (χ0v) is 6.88. The van der Waals surface area contributed by atoms with Gasteiger partial charge in [-0.2, -0.15) is 0 Å². The van der Waals surface area contributed by atoms with Crippen molar-refractivity contribution < 1.29 is 4.79 Å². The van der Waals surface area contributed by atoms with Gasteiger partial charge in [-0.25, -0.2) is 0 Å². The summed E-state index contributed by atoms with van der Waals surface area (Å²) in [5, 5.41) is -0.337. The van der Waals surface area contributed by atoms with Gasteiger partial charge in [0.15, 0.2) is 0 Å². The Bertz CT molecular complexity index is 248. The highest BCUT2D eigenvalue weighted by Crippen LogP contribution is 2.15. The third kappa shape index (κ3) is 2.02. The molecule has 0 aliphatic heterocycles. The summed E-state index contributed by atoms with van der Waals surface area (Å²) in [5.74, 6) is -0.236. The monoisotopic (exact) mass is 169 g/mol. The van der Waals surface area contributed by atoms with E-state index in [1.165, 1.54) is 0 Å². The third-order valence-electron chi connectivity index (χ3n) is 1.55. The molecule has 0 spiro atoms. The van der Waals surface area contributed by atoms with E-state index < -0.39 is 0 Å². The molecule has 0 N–H and O–H groups in total. The first kappa shape index (κ1) is 8.21. The van der Waals surface area contributed by atoms with Crippen LogP contribution in [0.15, 0.2) is 24.5 Å². The van der Waals surface area contributed by atoms with Gasteiger partial charge in [-0.3, -0.25) is 9.78 Å². The Kier molecular flexibility index (Phi) is 2.60. The largest absolute Gasteiger partial charge is 0.281 e. The van der Waals surface area contributed by atoms with Gasteiger partial charge in [0.25, 0.3) is 0 Å². The lowest BCUT2D eigenvalue weighted by Crippen LogP contribution is -2.01. The maximum atomic E-state index is 10.7. The number of nitrogens with zero attached hydrogens (tertiary/aromatic N) is 1. The molecule has 0 aromatic carbocycles. The third-order valence-corrected chi connectivity index (χ3v) is 1.87. The Labute approximate surface area is 70.2 Å². The molecule has 0 fully saturated rings. The molecule has 0 aliphatic carbocycles. The normalized spacial score (nSPS) is 12.5. The van der Waals surface area contributed by atoms with E-state index in [9.17, 15) is 4.79 Å². The molecular formula is C8H8ClNO. The zero-order chi connectivity index (χ0) is 8.27. The molecule has 0 aliphatic rings. The number of pyridine rings is 1. The van der Waals surface area contributed by atoms with Crippen LogP contribution >= 0.6 is 11.6 Å². The Balaban J connectivity index is 2.85. The average molecular weight is 170 g/mol. The van der Waals surface area contributed by atoms with E-state index in [4.69, 9.17) is 11.6 Å². The fraction of sp³-hybridized carbons (Fsp3) is 0.250. The van der Waals surface area contributed by atoms with Crippen LogP contribution in [0.25, 0.3) is 0 Å². The molecule has 1 unspecified atom stereocenters. The summed E-state index contributed by atoms with van der Waals surface area (Å²) >= 11 is 5.30. The maximum absolute atomic E-state index is 10.7. The molecule has 11 heavy (non-hydrogen) atoms. The van der Waals surface area contributed by atoms with Crippen LogP contribution in [0, 0.1) is 0 Å². The summed E-state index contributed by atoms with van der Waals surface area (Å²) in [5.41, 5.74) is 0.903. The maximum Gasteiger partial charge on any atom is 0.228 e. The van der Waals surface area contributed by atoms with Crippen molar-refractivity contribution in [2.75, 3.05) is 0 Å². The SMILES string of the molecule is CC(C(=O)Cl)c1ccncc1. The number of hydrogen-bond donors (Lipinski definition) is 0. The van der Waals surface area contributed by atoms with Gasteiger partial charge in [0.05, 0.1) is 5.92 Å². The summed E-state index contributed by atoms with van der Waals surface area (Å²) in [4.78, 5) is 14.5. The summed E-state index contributed by atoms with van der Waals surface area (Å²) in [6.45, 7) is 1.77. The first-order valence-electron chi connectivity index (χ1n) is 3.31. The zero-order valence-electron chi connectivity index (χ0n) is 6.12. The van der Waals surface area contributed by atoms with Crippen molar-refractivity contribution in [3.05, 3.63) is 30.1 Å². The van der Waals surface area contributed by atoms with Crippen molar-refractivity contribution >= 4 is 16.8 Å². The molecule has 1 atom stereocenters. The lowest BCUT2D eigenvalue weighted by Gasteiger charge is -2.03. The number of rotatable bonds is 2. The highest BCUT2D eigenvalue weighted by molar-refractivity contribution is 6.64. The fourth-order valence-corrected chi connectivity index (χ4v) is 0.909. The number of carbonyl (C=O) groups excluding carboxylic acids is 1. The van der Waals surface area contributed by atoms with Gasteiger partial charge in [-0.15, -0.1) is 0 Å². The number of aromatic nitrogens is 1. The highest BCUT2D eigenvalue weighted by atomic mass is 35.5. The van der Waals surface area contributed by atoms with Gasteiger partial charge in [-0.1, -0.05) is 6.92 Å². The molecule has 58 valence electrons. The highest BCUT2D eigenvalue weighted by Gasteiger charge is 2.10. The molecule has 0 saturated heterocycles. The lowest BCUT2D eigenvalue weighted by molar-refractivity contribution is -0.112. The molecule has 1 aromatic rings. The van der Waals surface area contributed by atoms with Crippen molar-refractivity contribution in [2.24, 2.45) is 0 Å². The summed E-state index contributed by atoms with van der Waals surface area (Å²) in [6.07, 6.45) is 3.29. The summed E-state index contributed by atoms with van der Waals surface area (Å²) < 4.78 is 0. The first-order valence-corrected chi connectivity index (χ1v) is 3.69. The van der Waals surface area contributed by atoms with Gasteiger partial charge in [0.1, 0.15) is 0 Å². The van der Waals surface area contributed by atoms with Crippen LogP contribution in [0.5, 0.6) is 0 Å². The minimum absolute atomic E-state index is 0.236. The summed E-state index contributed by atoms with van der Waals surface area (Å²) in [7, 11) is 0. The standard InChI is InChI=1S/C8H8ClNO/c1-6(8(9)11)7-2-4-10-5-3-7/h2-6H,1H3. The van der Waals surface area contributed by atoms with Gasteiger partial charge in [0.2, 0.25) is 5.24 Å². The molecule has 0 radical (unpaired) electrons. The molecule has 3 heteroatoms. The van der Waals surface area contributed by atoms with Gasteiger partial charge >= 0.3 is 0 Å². The van der Waals surface area contributed by atoms with Crippen LogP contribution in [0.2, 0.25) is 0 Å². The van der Waals surface area contributed by atoms with Crippen molar-refractivity contribution in [3.63, 3.8) is 0 Å². The first-order chi connectivity index (χ1) is 5.22. The second kappa shape index (κ2) is 3.49. The summed E-state index contributed by atoms with van der Waals surface area (Å²) in [6, 6.07) is 3.57. The lowest BCUT2D eigenvalue weighted by atomic mass is 10.1. The van der Waals surface area contributed by atoms with E-state index in [0.717, 1.165) is 5.56 Å². The van der Waals surface area contributed by atoms with Crippen LogP contribution < -0.4 is 0 Å². The molecule has 1 rings (SSSR count). The van der Waals surface area contributed by atoms with E-state index in [2.05, 4.69) is 4.98 Å². The molecule has 0 bridgehead atoms. The molecule has 0 amide bonds. The Morgan fingerprint density at radius 2 is 2.09 bits per heavy atom. The molecule has 1 aromatic heterocycles. The smallest absolute Gasteiger partial charge is 0.228 e. The average Bonchev–Trinajstić information content (AvgIpc) is 2.05. The van der Waals surface area contributed by atoms with Crippen LogP contribution in [0.1, 0.15) is 18.4 Å². The van der Waals surface area contributed by atoms with Crippen molar-refractivity contribution in [1.82, 2.24) is 4.98 Å². The quantitative estimate of drug-likeness (QED) is 0.634. The van der Waals surface area contributed by atoms with Crippen LogP contribution in [0.4, 0.5) is 0 Å². The van der Waals surface area contributed by atoms with Crippen LogP contribution in [-0.2, 0) is 4.79 Å². The molecule has 0 saturated carbocycles.